The maximum atomic E-state index is 12.8. The Morgan fingerprint density at radius 1 is 0.636 bits per heavy atom. The second-order valence-electron chi connectivity index (χ2n) is 8.84. The Morgan fingerprint density at radius 2 is 1.06 bits per heavy atom. The van der Waals surface area contributed by atoms with E-state index in [1.807, 2.05) is 18.7 Å². The van der Waals surface area contributed by atoms with Crippen LogP contribution in [0.4, 0.5) is 5.95 Å². The molecule has 0 aliphatic heterocycles. The van der Waals surface area contributed by atoms with Gasteiger partial charge in [0.15, 0.2) is 22.3 Å². The molecule has 33 heavy (non-hydrogen) atoms. The first-order chi connectivity index (χ1) is 15.2. The second kappa shape index (κ2) is 6.80. The molecule has 0 aromatic carbocycles. The summed E-state index contributed by atoms with van der Waals surface area (Å²) in [7, 11) is 11.2. The fraction of sp³-hybridized carbons (Fsp3) is 0.500. The highest BCUT2D eigenvalue weighted by atomic mass is 16.2. The lowest BCUT2D eigenvalue weighted by molar-refractivity contribution is 0.456. The monoisotopic (exact) mass is 457 g/mol. The lowest BCUT2D eigenvalue weighted by Gasteiger charge is -2.35. The third-order valence-corrected chi connectivity index (χ3v) is 6.61. The van der Waals surface area contributed by atoms with Crippen molar-refractivity contribution in [1.29, 1.82) is 0 Å². The van der Waals surface area contributed by atoms with E-state index in [2.05, 4.69) is 9.97 Å². The number of rotatable bonds is 3. The SMILES string of the molecule is CN(c1nc2c(c(=O)n(C)c(=O)n2C)n1C)C(C)(C)c1nc2c(c(=O)n(C)c(=O)n2C)n1C. The van der Waals surface area contributed by atoms with Crippen LogP contribution in [0.5, 0.6) is 0 Å². The van der Waals surface area contributed by atoms with Crippen LogP contribution < -0.4 is 27.4 Å². The number of nitrogens with zero attached hydrogens (tertiary/aromatic N) is 9. The summed E-state index contributed by atoms with van der Waals surface area (Å²) in [4.78, 5) is 61.4. The first kappa shape index (κ1) is 22.3. The molecule has 0 aliphatic rings. The van der Waals surface area contributed by atoms with Crippen LogP contribution in [-0.2, 0) is 47.8 Å². The van der Waals surface area contributed by atoms with Crippen LogP contribution in [-0.4, -0.2) is 44.4 Å². The first-order valence-electron chi connectivity index (χ1n) is 10.2. The van der Waals surface area contributed by atoms with Gasteiger partial charge < -0.3 is 14.0 Å². The molecular weight excluding hydrogens is 430 g/mol. The fourth-order valence-corrected chi connectivity index (χ4v) is 4.27. The van der Waals surface area contributed by atoms with Crippen LogP contribution in [0.1, 0.15) is 19.7 Å². The molecule has 0 bridgehead atoms. The molecule has 4 aromatic rings. The molecule has 4 rings (SSSR count). The van der Waals surface area contributed by atoms with Crippen LogP contribution >= 0.6 is 0 Å². The molecule has 0 saturated carbocycles. The van der Waals surface area contributed by atoms with Gasteiger partial charge in [0.1, 0.15) is 5.82 Å². The molecule has 13 nitrogen and oxygen atoms in total. The van der Waals surface area contributed by atoms with E-state index in [4.69, 9.17) is 0 Å². The zero-order valence-corrected chi connectivity index (χ0v) is 20.2. The lowest BCUT2D eigenvalue weighted by atomic mass is 10.0. The Balaban J connectivity index is 1.99. The average Bonchev–Trinajstić information content (AvgIpc) is 3.30. The molecule has 0 spiro atoms. The van der Waals surface area contributed by atoms with Gasteiger partial charge in [0.25, 0.3) is 11.1 Å². The van der Waals surface area contributed by atoms with Crippen LogP contribution in [0.25, 0.3) is 22.3 Å². The van der Waals surface area contributed by atoms with E-state index in [-0.39, 0.29) is 11.3 Å². The summed E-state index contributed by atoms with van der Waals surface area (Å²) < 4.78 is 8.06. The van der Waals surface area contributed by atoms with Gasteiger partial charge in [-0.3, -0.25) is 27.9 Å². The summed E-state index contributed by atoms with van der Waals surface area (Å²) in [5.41, 5.74) is -1.49. The number of aryl methyl sites for hydroxylation is 4. The molecule has 0 fully saturated rings. The van der Waals surface area contributed by atoms with E-state index in [0.29, 0.717) is 22.8 Å². The minimum absolute atomic E-state index is 0.268. The van der Waals surface area contributed by atoms with Crippen LogP contribution in [0, 0.1) is 0 Å². The van der Waals surface area contributed by atoms with E-state index in [1.54, 1.807) is 44.4 Å². The van der Waals surface area contributed by atoms with Crippen molar-refractivity contribution in [1.82, 2.24) is 37.4 Å². The predicted octanol–water partition coefficient (Wildman–Crippen LogP) is -1.37. The summed E-state index contributed by atoms with van der Waals surface area (Å²) in [5.74, 6) is 0.953. The molecule has 176 valence electrons. The Morgan fingerprint density at radius 3 is 1.55 bits per heavy atom. The normalized spacial score (nSPS) is 12.3. The Hall–Kier alpha value is -3.90. The quantitative estimate of drug-likeness (QED) is 0.371. The van der Waals surface area contributed by atoms with Gasteiger partial charge in [-0.25, -0.2) is 14.6 Å². The van der Waals surface area contributed by atoms with Crippen molar-refractivity contribution < 1.29 is 0 Å². The number of anilines is 1. The van der Waals surface area contributed by atoms with Crippen molar-refractivity contribution in [3.05, 3.63) is 47.5 Å². The van der Waals surface area contributed by atoms with Gasteiger partial charge in [0, 0.05) is 49.3 Å². The smallest absolute Gasteiger partial charge is 0.332 e. The lowest BCUT2D eigenvalue weighted by Crippen LogP contribution is -2.42. The molecule has 13 heteroatoms. The number of imidazole rings is 2. The molecule has 0 saturated heterocycles. The Bertz CT molecular complexity index is 1700. The number of hydrogen-bond acceptors (Lipinski definition) is 7. The summed E-state index contributed by atoms with van der Waals surface area (Å²) in [6.07, 6.45) is 0. The molecule has 0 radical (unpaired) electrons. The summed E-state index contributed by atoms with van der Waals surface area (Å²) in [6, 6.07) is 0. The fourth-order valence-electron chi connectivity index (χ4n) is 4.27. The maximum absolute atomic E-state index is 12.8. The van der Waals surface area contributed by atoms with Gasteiger partial charge in [-0.15, -0.1) is 0 Å². The number of fused-ring (bicyclic) bond motifs is 2. The minimum atomic E-state index is -0.825. The summed E-state index contributed by atoms with van der Waals surface area (Å²) >= 11 is 0. The van der Waals surface area contributed by atoms with Crippen molar-refractivity contribution in [2.75, 3.05) is 11.9 Å². The van der Waals surface area contributed by atoms with Crippen molar-refractivity contribution in [2.45, 2.75) is 19.4 Å². The zero-order valence-electron chi connectivity index (χ0n) is 20.2. The second-order valence-corrected chi connectivity index (χ2v) is 8.84. The summed E-state index contributed by atoms with van der Waals surface area (Å²) in [6.45, 7) is 3.79. The Labute approximate surface area is 187 Å². The largest absolute Gasteiger partial charge is 0.333 e. The van der Waals surface area contributed by atoms with Crippen molar-refractivity contribution in [3.63, 3.8) is 0 Å². The number of hydrogen-bond donors (Lipinski definition) is 0. The highest BCUT2D eigenvalue weighted by molar-refractivity contribution is 5.75. The topological polar surface area (TPSA) is 127 Å². The van der Waals surface area contributed by atoms with Gasteiger partial charge in [-0.2, -0.15) is 4.98 Å². The zero-order chi connectivity index (χ0) is 24.7. The maximum Gasteiger partial charge on any atom is 0.332 e. The minimum Gasteiger partial charge on any atom is -0.333 e. The van der Waals surface area contributed by atoms with Crippen molar-refractivity contribution >= 4 is 28.3 Å². The van der Waals surface area contributed by atoms with E-state index in [9.17, 15) is 19.2 Å². The predicted molar refractivity (Wildman–Crippen MR) is 124 cm³/mol. The highest BCUT2D eigenvalue weighted by Crippen LogP contribution is 2.31. The van der Waals surface area contributed by atoms with Crippen LogP contribution in [0.15, 0.2) is 19.2 Å². The molecule has 0 aliphatic carbocycles. The molecular formula is C20H27N9O4. The van der Waals surface area contributed by atoms with Crippen molar-refractivity contribution in [2.24, 2.45) is 42.3 Å². The third-order valence-electron chi connectivity index (χ3n) is 6.61. The number of aromatic nitrogens is 8. The van der Waals surface area contributed by atoms with Gasteiger partial charge in [-0.1, -0.05) is 0 Å². The van der Waals surface area contributed by atoms with E-state index in [1.165, 1.54) is 23.2 Å². The van der Waals surface area contributed by atoms with Gasteiger partial charge in [-0.05, 0) is 13.8 Å². The highest BCUT2D eigenvalue weighted by Gasteiger charge is 2.35. The molecule has 0 N–H and O–H groups in total. The molecule has 0 amide bonds. The Kier molecular flexibility index (Phi) is 4.59. The first-order valence-corrected chi connectivity index (χ1v) is 10.2. The standard InChI is InChI=1S/C20H27N9O4/c1-20(2,16-21-12-10(23(16)3)14(30)27(7)18(32)25(12)5)29(9)17-22-13-11(24(17)4)15(31)28(8)19(33)26(13)6/h1-9H3. The van der Waals surface area contributed by atoms with Gasteiger partial charge >= 0.3 is 11.4 Å². The van der Waals surface area contributed by atoms with E-state index >= 15 is 0 Å². The third kappa shape index (κ3) is 2.71. The van der Waals surface area contributed by atoms with Crippen LogP contribution in [0.3, 0.4) is 0 Å². The van der Waals surface area contributed by atoms with E-state index < -0.39 is 28.0 Å². The van der Waals surface area contributed by atoms with Crippen LogP contribution in [0.2, 0.25) is 0 Å². The van der Waals surface area contributed by atoms with E-state index in [0.717, 1.165) is 9.13 Å². The van der Waals surface area contributed by atoms with Gasteiger partial charge in [0.2, 0.25) is 5.95 Å². The van der Waals surface area contributed by atoms with Crippen molar-refractivity contribution in [3.8, 4) is 0 Å². The molecule has 0 atom stereocenters. The molecule has 0 unspecified atom stereocenters. The molecule has 4 aromatic heterocycles. The average molecular weight is 457 g/mol. The summed E-state index contributed by atoms with van der Waals surface area (Å²) in [5, 5.41) is 0. The molecule has 4 heterocycles. The van der Waals surface area contributed by atoms with Gasteiger partial charge in [0.05, 0.1) is 5.54 Å².